The number of benzene rings is 1. The number of nitrogens with zero attached hydrogens (tertiary/aromatic N) is 1. The van der Waals surface area contributed by atoms with Crippen molar-refractivity contribution in [2.75, 3.05) is 0 Å². The van der Waals surface area contributed by atoms with Crippen LogP contribution in [-0.4, -0.2) is 51.9 Å². The van der Waals surface area contributed by atoms with Gasteiger partial charge in [-0.25, -0.2) is 9.69 Å². The number of carbonyl (C=O) groups is 6. The Balaban J connectivity index is 2.43. The number of rotatable bonds is 6. The smallest absolute Gasteiger partial charge is 0.418 e. The highest BCUT2D eigenvalue weighted by atomic mass is 35.5. The largest absolute Gasteiger partial charge is 0.433 e. The van der Waals surface area contributed by atoms with Gasteiger partial charge in [-0.15, -0.1) is 0 Å². The summed E-state index contributed by atoms with van der Waals surface area (Å²) in [5.41, 5.74) is -2.66. The highest BCUT2D eigenvalue weighted by Gasteiger charge is 2.55. The first-order valence-electron chi connectivity index (χ1n) is 9.90. The number of ketones is 2. The maximum absolute atomic E-state index is 13.0. The minimum atomic E-state index is -1.93. The fraction of sp³-hybridized carbons (Fsp3) is 0.455. The number of cyclic esters (lactones) is 1. The zero-order valence-electron chi connectivity index (χ0n) is 18.7. The molecule has 2 rings (SSSR count). The zero-order valence-corrected chi connectivity index (χ0v) is 19.5. The Hall–Kier alpha value is -3.07. The summed E-state index contributed by atoms with van der Waals surface area (Å²) in [7, 11) is 0. The van der Waals surface area contributed by atoms with Crippen LogP contribution < -0.4 is 5.32 Å². The summed E-state index contributed by atoms with van der Waals surface area (Å²) in [5.74, 6) is -4.08. The lowest BCUT2D eigenvalue weighted by Crippen LogP contribution is -2.58. The van der Waals surface area contributed by atoms with E-state index in [0.717, 1.165) is 0 Å². The number of nitrogens with one attached hydrogen (secondary N) is 1. The lowest BCUT2D eigenvalue weighted by atomic mass is 9.85. The summed E-state index contributed by atoms with van der Waals surface area (Å²) >= 11 is 6.06. The standard InChI is InChI=1S/C22H25ClN2O7/c1-7-14(26)11-8-9-13(23)12(10-11)17(28)24-18(29)15(16(27)21(2,3)4)25-19(30)22(5,6)32-20(25)31/h8-10,15H,7H2,1-6H3,(H,24,28,29). The van der Waals surface area contributed by atoms with Crippen LogP contribution in [0.2, 0.25) is 5.02 Å². The summed E-state index contributed by atoms with van der Waals surface area (Å²) in [4.78, 5) is 76.2. The van der Waals surface area contributed by atoms with Crippen LogP contribution in [-0.2, 0) is 19.1 Å². The fourth-order valence-electron chi connectivity index (χ4n) is 2.99. The van der Waals surface area contributed by atoms with E-state index in [1.54, 1.807) is 6.92 Å². The van der Waals surface area contributed by atoms with Gasteiger partial charge in [-0.05, 0) is 32.0 Å². The fourth-order valence-corrected chi connectivity index (χ4v) is 3.20. The van der Waals surface area contributed by atoms with Crippen LogP contribution >= 0.6 is 11.6 Å². The maximum Gasteiger partial charge on any atom is 0.418 e. The van der Waals surface area contributed by atoms with Crippen molar-refractivity contribution in [3.05, 3.63) is 34.3 Å². The maximum atomic E-state index is 13.0. The van der Waals surface area contributed by atoms with E-state index < -0.39 is 46.7 Å². The van der Waals surface area contributed by atoms with Crippen molar-refractivity contribution in [2.24, 2.45) is 5.41 Å². The monoisotopic (exact) mass is 464 g/mol. The molecule has 1 atom stereocenters. The Morgan fingerprint density at radius 2 is 1.75 bits per heavy atom. The number of hydrogen-bond acceptors (Lipinski definition) is 7. The van der Waals surface area contributed by atoms with Gasteiger partial charge in [0.25, 0.3) is 17.7 Å². The van der Waals surface area contributed by atoms with E-state index in [4.69, 9.17) is 16.3 Å². The Bertz CT molecular complexity index is 1020. The predicted molar refractivity (Wildman–Crippen MR) is 114 cm³/mol. The van der Waals surface area contributed by atoms with Crippen molar-refractivity contribution in [1.82, 2.24) is 10.2 Å². The molecule has 1 aliphatic heterocycles. The second-order valence-corrected chi connectivity index (χ2v) is 9.27. The SMILES string of the molecule is CCC(=O)c1ccc(Cl)c(C(=O)NC(=O)C(C(=O)C(C)(C)C)N2C(=O)OC(C)(C)C2=O)c1. The second kappa shape index (κ2) is 8.82. The number of imide groups is 2. The molecule has 172 valence electrons. The third-order valence-electron chi connectivity index (χ3n) is 4.86. The normalized spacial score (nSPS) is 16.4. The molecule has 0 aliphatic carbocycles. The van der Waals surface area contributed by atoms with Crippen molar-refractivity contribution in [3.63, 3.8) is 0 Å². The van der Waals surface area contributed by atoms with E-state index in [0.29, 0.717) is 4.90 Å². The first-order chi connectivity index (χ1) is 14.6. The molecule has 1 fully saturated rings. The molecule has 0 saturated carbocycles. The van der Waals surface area contributed by atoms with Gasteiger partial charge in [-0.3, -0.25) is 29.3 Å². The first kappa shape index (κ1) is 25.2. The number of amides is 4. The summed E-state index contributed by atoms with van der Waals surface area (Å²) < 4.78 is 4.99. The van der Waals surface area contributed by atoms with E-state index in [1.807, 2.05) is 5.32 Å². The molecule has 0 aromatic heterocycles. The zero-order chi connectivity index (χ0) is 24.6. The van der Waals surface area contributed by atoms with E-state index in [1.165, 1.54) is 52.8 Å². The molecule has 1 N–H and O–H groups in total. The Morgan fingerprint density at radius 1 is 1.16 bits per heavy atom. The molecule has 10 heteroatoms. The highest BCUT2D eigenvalue weighted by Crippen LogP contribution is 2.29. The van der Waals surface area contributed by atoms with Gasteiger partial charge in [-0.1, -0.05) is 39.3 Å². The quantitative estimate of drug-likeness (QED) is 0.506. The number of hydrogen-bond donors (Lipinski definition) is 1. The molecule has 1 aliphatic rings. The van der Waals surface area contributed by atoms with Gasteiger partial charge in [0.2, 0.25) is 0 Å². The van der Waals surface area contributed by atoms with Crippen LogP contribution in [0.15, 0.2) is 18.2 Å². The first-order valence-corrected chi connectivity index (χ1v) is 10.3. The van der Waals surface area contributed by atoms with Crippen molar-refractivity contribution in [3.8, 4) is 0 Å². The predicted octanol–water partition coefficient (Wildman–Crippen LogP) is 2.93. The number of Topliss-reactive ketones (excluding diaryl/α,β-unsaturated/α-hetero) is 2. The van der Waals surface area contributed by atoms with E-state index in [9.17, 15) is 28.8 Å². The van der Waals surface area contributed by atoms with Crippen molar-refractivity contribution < 1.29 is 33.5 Å². The molecule has 1 aromatic carbocycles. The average molecular weight is 465 g/mol. The minimum Gasteiger partial charge on any atom is -0.433 e. The molecule has 4 amide bonds. The van der Waals surface area contributed by atoms with Crippen molar-refractivity contribution >= 4 is 47.0 Å². The Morgan fingerprint density at radius 3 is 2.22 bits per heavy atom. The van der Waals surface area contributed by atoms with E-state index in [-0.39, 0.29) is 28.4 Å². The third-order valence-corrected chi connectivity index (χ3v) is 5.19. The van der Waals surface area contributed by atoms with Gasteiger partial charge in [0.1, 0.15) is 0 Å². The lowest BCUT2D eigenvalue weighted by molar-refractivity contribution is -0.146. The van der Waals surface area contributed by atoms with Crippen LogP contribution in [0.1, 0.15) is 68.7 Å². The van der Waals surface area contributed by atoms with E-state index in [2.05, 4.69) is 0 Å². The Labute approximate surface area is 190 Å². The third kappa shape index (κ3) is 4.88. The number of ether oxygens (including phenoxy) is 1. The van der Waals surface area contributed by atoms with Crippen LogP contribution in [0.4, 0.5) is 4.79 Å². The molecule has 1 aromatic rings. The Kier molecular flexibility index (Phi) is 6.94. The van der Waals surface area contributed by atoms with Crippen LogP contribution in [0.5, 0.6) is 0 Å². The molecule has 9 nitrogen and oxygen atoms in total. The molecular weight excluding hydrogens is 440 g/mol. The summed E-state index contributed by atoms with van der Waals surface area (Å²) in [6, 6.07) is 2.08. The van der Waals surface area contributed by atoms with Gasteiger partial charge in [0, 0.05) is 17.4 Å². The van der Waals surface area contributed by atoms with Crippen LogP contribution in [0, 0.1) is 5.41 Å². The molecule has 32 heavy (non-hydrogen) atoms. The van der Waals surface area contributed by atoms with Gasteiger partial charge >= 0.3 is 6.09 Å². The van der Waals surface area contributed by atoms with Gasteiger partial charge in [-0.2, -0.15) is 0 Å². The summed E-state index contributed by atoms with van der Waals surface area (Å²) in [6.07, 6.45) is -0.975. The number of carbonyl (C=O) groups excluding carboxylic acids is 6. The minimum absolute atomic E-state index is 0.0283. The number of halogens is 1. The molecule has 1 unspecified atom stereocenters. The van der Waals surface area contributed by atoms with Crippen molar-refractivity contribution in [1.29, 1.82) is 0 Å². The van der Waals surface area contributed by atoms with Gasteiger partial charge in [0.15, 0.2) is 23.2 Å². The second-order valence-electron chi connectivity index (χ2n) is 8.86. The molecule has 1 saturated heterocycles. The molecule has 0 radical (unpaired) electrons. The molecule has 1 heterocycles. The van der Waals surface area contributed by atoms with Crippen LogP contribution in [0.25, 0.3) is 0 Å². The molecule has 0 bridgehead atoms. The van der Waals surface area contributed by atoms with Gasteiger partial charge in [0.05, 0.1) is 10.6 Å². The van der Waals surface area contributed by atoms with Crippen LogP contribution in [0.3, 0.4) is 0 Å². The average Bonchev–Trinajstić information content (AvgIpc) is 2.88. The molecular formula is C22H25ClN2O7. The molecule has 0 spiro atoms. The lowest BCUT2D eigenvalue weighted by Gasteiger charge is -2.28. The highest BCUT2D eigenvalue weighted by molar-refractivity contribution is 6.34. The van der Waals surface area contributed by atoms with E-state index >= 15 is 0 Å². The summed E-state index contributed by atoms with van der Waals surface area (Å²) in [6.45, 7) is 8.81. The summed E-state index contributed by atoms with van der Waals surface area (Å²) in [5, 5.41) is 2.00. The topological polar surface area (TPSA) is 127 Å². The van der Waals surface area contributed by atoms with Crippen molar-refractivity contribution in [2.45, 2.75) is 59.6 Å². The van der Waals surface area contributed by atoms with Gasteiger partial charge < -0.3 is 4.74 Å².